The Morgan fingerprint density at radius 2 is 2.20 bits per heavy atom. The quantitative estimate of drug-likeness (QED) is 0.579. The SMILES string of the molecule is CCOCC(NN)c1ccc(F)cc1F. The van der Waals surface area contributed by atoms with Crippen LogP contribution < -0.4 is 11.3 Å². The van der Waals surface area contributed by atoms with Crippen LogP contribution in [0.5, 0.6) is 0 Å². The number of nitrogens with one attached hydrogen (secondary N) is 1. The summed E-state index contributed by atoms with van der Waals surface area (Å²) in [5.74, 6) is 4.03. The fourth-order valence-electron chi connectivity index (χ4n) is 1.25. The second kappa shape index (κ2) is 5.75. The molecule has 5 heteroatoms. The third kappa shape index (κ3) is 3.23. The van der Waals surface area contributed by atoms with Crippen LogP contribution in [0.2, 0.25) is 0 Å². The molecule has 0 amide bonds. The van der Waals surface area contributed by atoms with Crippen molar-refractivity contribution in [1.82, 2.24) is 5.43 Å². The topological polar surface area (TPSA) is 47.3 Å². The van der Waals surface area contributed by atoms with E-state index < -0.39 is 17.7 Å². The first kappa shape index (κ1) is 12.0. The smallest absolute Gasteiger partial charge is 0.131 e. The van der Waals surface area contributed by atoms with Gasteiger partial charge in [0.15, 0.2) is 0 Å². The fourth-order valence-corrected chi connectivity index (χ4v) is 1.25. The summed E-state index contributed by atoms with van der Waals surface area (Å²) in [5.41, 5.74) is 2.72. The molecule has 0 spiro atoms. The molecule has 1 aromatic carbocycles. The Balaban J connectivity index is 2.81. The minimum absolute atomic E-state index is 0.246. The van der Waals surface area contributed by atoms with Crippen molar-refractivity contribution < 1.29 is 13.5 Å². The number of benzene rings is 1. The zero-order chi connectivity index (χ0) is 11.3. The predicted molar refractivity (Wildman–Crippen MR) is 52.9 cm³/mol. The number of rotatable bonds is 5. The van der Waals surface area contributed by atoms with E-state index >= 15 is 0 Å². The summed E-state index contributed by atoms with van der Waals surface area (Å²) in [6.45, 7) is 2.59. The normalized spacial score (nSPS) is 12.8. The first-order chi connectivity index (χ1) is 7.19. The summed E-state index contributed by atoms with van der Waals surface area (Å²) in [6, 6.07) is 2.90. The lowest BCUT2D eigenvalue weighted by molar-refractivity contribution is 0.122. The lowest BCUT2D eigenvalue weighted by Gasteiger charge is -2.16. The van der Waals surface area contributed by atoms with E-state index in [2.05, 4.69) is 5.43 Å². The van der Waals surface area contributed by atoms with E-state index in [9.17, 15) is 8.78 Å². The summed E-state index contributed by atoms with van der Waals surface area (Å²) in [6.07, 6.45) is 0. The minimum atomic E-state index is -0.627. The molecule has 0 aliphatic rings. The van der Waals surface area contributed by atoms with Gasteiger partial charge in [0.25, 0.3) is 0 Å². The van der Waals surface area contributed by atoms with Crippen LogP contribution in [0.25, 0.3) is 0 Å². The Kier molecular flexibility index (Phi) is 4.61. The number of hydrogen-bond acceptors (Lipinski definition) is 3. The van der Waals surface area contributed by atoms with Gasteiger partial charge in [-0.15, -0.1) is 0 Å². The molecule has 0 fully saturated rings. The van der Waals surface area contributed by atoms with Gasteiger partial charge in [0.05, 0.1) is 12.6 Å². The highest BCUT2D eigenvalue weighted by Gasteiger charge is 2.14. The van der Waals surface area contributed by atoms with Crippen molar-refractivity contribution in [3.05, 3.63) is 35.4 Å². The fraction of sp³-hybridized carbons (Fsp3) is 0.400. The van der Waals surface area contributed by atoms with Gasteiger partial charge in [-0.05, 0) is 13.0 Å². The summed E-state index contributed by atoms with van der Waals surface area (Å²) >= 11 is 0. The molecule has 1 rings (SSSR count). The third-order valence-corrected chi connectivity index (χ3v) is 2.03. The first-order valence-electron chi connectivity index (χ1n) is 4.67. The van der Waals surface area contributed by atoms with Crippen molar-refractivity contribution in [3.8, 4) is 0 Å². The molecule has 15 heavy (non-hydrogen) atoms. The van der Waals surface area contributed by atoms with E-state index in [1.165, 1.54) is 12.1 Å². The average molecular weight is 216 g/mol. The van der Waals surface area contributed by atoms with Crippen molar-refractivity contribution in [2.45, 2.75) is 13.0 Å². The van der Waals surface area contributed by atoms with Gasteiger partial charge in [0.2, 0.25) is 0 Å². The Morgan fingerprint density at radius 1 is 1.47 bits per heavy atom. The van der Waals surface area contributed by atoms with Gasteiger partial charge >= 0.3 is 0 Å². The number of nitrogens with two attached hydrogens (primary N) is 1. The largest absolute Gasteiger partial charge is 0.380 e. The van der Waals surface area contributed by atoms with Crippen molar-refractivity contribution in [1.29, 1.82) is 0 Å². The van der Waals surface area contributed by atoms with Crippen LogP contribution in [-0.4, -0.2) is 13.2 Å². The summed E-state index contributed by atoms with van der Waals surface area (Å²) < 4.78 is 31.1. The maximum atomic E-state index is 13.3. The van der Waals surface area contributed by atoms with Crippen LogP contribution in [0.4, 0.5) is 8.78 Å². The number of ether oxygens (including phenoxy) is 1. The summed E-state index contributed by atoms with van der Waals surface area (Å²) in [4.78, 5) is 0. The Morgan fingerprint density at radius 3 is 2.73 bits per heavy atom. The molecular weight excluding hydrogens is 202 g/mol. The molecule has 1 aromatic rings. The molecule has 3 nitrogen and oxygen atoms in total. The molecule has 0 aliphatic heterocycles. The maximum Gasteiger partial charge on any atom is 0.131 e. The number of hydrazine groups is 1. The lowest BCUT2D eigenvalue weighted by Crippen LogP contribution is -2.32. The number of halogens is 2. The molecule has 84 valence electrons. The monoisotopic (exact) mass is 216 g/mol. The van der Waals surface area contributed by atoms with E-state index in [0.29, 0.717) is 12.2 Å². The molecule has 0 aromatic heterocycles. The third-order valence-electron chi connectivity index (χ3n) is 2.03. The molecule has 0 saturated carbocycles. The van der Waals surface area contributed by atoms with Gasteiger partial charge in [0, 0.05) is 18.2 Å². The van der Waals surface area contributed by atoms with Gasteiger partial charge in [-0.3, -0.25) is 11.3 Å². The van der Waals surface area contributed by atoms with Gasteiger partial charge in [0.1, 0.15) is 11.6 Å². The Bertz CT molecular complexity index is 320. The van der Waals surface area contributed by atoms with Gasteiger partial charge < -0.3 is 4.74 Å². The minimum Gasteiger partial charge on any atom is -0.380 e. The van der Waals surface area contributed by atoms with E-state index in [-0.39, 0.29) is 6.61 Å². The van der Waals surface area contributed by atoms with Gasteiger partial charge in [-0.2, -0.15) is 0 Å². The summed E-state index contributed by atoms with van der Waals surface area (Å²) in [7, 11) is 0. The molecule has 0 saturated heterocycles. The highest BCUT2D eigenvalue weighted by Crippen LogP contribution is 2.17. The second-order valence-electron chi connectivity index (χ2n) is 3.04. The standard InChI is InChI=1S/C10H14F2N2O/c1-2-15-6-10(14-13)8-4-3-7(11)5-9(8)12/h3-5,10,14H,2,6,13H2,1H3. The van der Waals surface area contributed by atoms with Crippen LogP contribution in [0, 0.1) is 11.6 Å². The van der Waals surface area contributed by atoms with E-state index in [1.807, 2.05) is 6.92 Å². The molecule has 0 bridgehead atoms. The molecule has 0 radical (unpaired) electrons. The molecule has 0 aliphatic carbocycles. The molecule has 3 N–H and O–H groups in total. The molecule has 0 heterocycles. The first-order valence-corrected chi connectivity index (χ1v) is 4.67. The molecular formula is C10H14F2N2O. The Labute approximate surface area is 87.2 Å². The van der Waals surface area contributed by atoms with Crippen LogP contribution >= 0.6 is 0 Å². The van der Waals surface area contributed by atoms with Crippen LogP contribution in [-0.2, 0) is 4.74 Å². The average Bonchev–Trinajstić information content (AvgIpc) is 2.21. The second-order valence-corrected chi connectivity index (χ2v) is 3.04. The van der Waals surface area contributed by atoms with Crippen molar-refractivity contribution in [2.75, 3.05) is 13.2 Å². The Hall–Kier alpha value is -1.04. The van der Waals surface area contributed by atoms with E-state index in [0.717, 1.165) is 6.07 Å². The van der Waals surface area contributed by atoms with E-state index in [1.54, 1.807) is 0 Å². The van der Waals surface area contributed by atoms with Crippen molar-refractivity contribution >= 4 is 0 Å². The van der Waals surface area contributed by atoms with Gasteiger partial charge in [-0.1, -0.05) is 6.07 Å². The highest BCUT2D eigenvalue weighted by molar-refractivity contribution is 5.22. The van der Waals surface area contributed by atoms with Crippen LogP contribution in [0.15, 0.2) is 18.2 Å². The highest BCUT2D eigenvalue weighted by atomic mass is 19.1. The zero-order valence-electron chi connectivity index (χ0n) is 8.47. The number of hydrogen-bond donors (Lipinski definition) is 2. The van der Waals surface area contributed by atoms with Crippen molar-refractivity contribution in [2.24, 2.45) is 5.84 Å². The molecule has 1 atom stereocenters. The van der Waals surface area contributed by atoms with Gasteiger partial charge in [-0.25, -0.2) is 8.78 Å². The predicted octanol–water partition coefficient (Wildman–Crippen LogP) is 1.51. The summed E-state index contributed by atoms with van der Waals surface area (Å²) in [5, 5.41) is 0. The van der Waals surface area contributed by atoms with Crippen molar-refractivity contribution in [3.63, 3.8) is 0 Å². The van der Waals surface area contributed by atoms with Crippen LogP contribution in [0.1, 0.15) is 18.5 Å². The maximum absolute atomic E-state index is 13.3. The van der Waals surface area contributed by atoms with Crippen LogP contribution in [0.3, 0.4) is 0 Å². The van der Waals surface area contributed by atoms with E-state index in [4.69, 9.17) is 10.6 Å². The lowest BCUT2D eigenvalue weighted by atomic mass is 10.1. The zero-order valence-corrected chi connectivity index (χ0v) is 8.47. The molecule has 1 unspecified atom stereocenters.